The molecular formula is C22H29NO2. The van der Waals surface area contributed by atoms with Crippen LogP contribution in [0.15, 0.2) is 36.4 Å². The van der Waals surface area contributed by atoms with Crippen LogP contribution in [-0.2, 0) is 10.8 Å². The first kappa shape index (κ1) is 17.7. The first-order valence-corrected chi connectivity index (χ1v) is 8.86. The fraction of sp³-hybridized carbons (Fsp3) is 0.455. The lowest BCUT2D eigenvalue weighted by atomic mass is 9.80. The van der Waals surface area contributed by atoms with Crippen LogP contribution < -0.4 is 14.8 Å². The normalized spacial score (nSPS) is 16.8. The van der Waals surface area contributed by atoms with E-state index in [1.54, 1.807) is 7.11 Å². The van der Waals surface area contributed by atoms with Crippen LogP contribution in [0.1, 0.15) is 64.5 Å². The van der Waals surface area contributed by atoms with Crippen LogP contribution in [-0.4, -0.2) is 7.11 Å². The van der Waals surface area contributed by atoms with E-state index in [0.29, 0.717) is 0 Å². The van der Waals surface area contributed by atoms with E-state index in [-0.39, 0.29) is 17.1 Å². The van der Waals surface area contributed by atoms with E-state index in [1.165, 1.54) is 11.1 Å². The van der Waals surface area contributed by atoms with Crippen LogP contribution in [0.5, 0.6) is 11.5 Å². The van der Waals surface area contributed by atoms with E-state index < -0.39 is 0 Å². The molecule has 1 aliphatic heterocycles. The minimum Gasteiger partial charge on any atom is -0.496 e. The highest BCUT2D eigenvalue weighted by atomic mass is 16.5. The summed E-state index contributed by atoms with van der Waals surface area (Å²) in [6.07, 6.45) is -0.234. The Kier molecular flexibility index (Phi) is 4.22. The molecule has 0 fully saturated rings. The fourth-order valence-electron chi connectivity index (χ4n) is 3.17. The van der Waals surface area contributed by atoms with E-state index in [9.17, 15) is 0 Å². The van der Waals surface area contributed by atoms with Gasteiger partial charge in [-0.3, -0.25) is 0 Å². The molecule has 0 amide bonds. The molecule has 134 valence electrons. The number of benzene rings is 2. The summed E-state index contributed by atoms with van der Waals surface area (Å²) in [5, 5.41) is 3.55. The van der Waals surface area contributed by atoms with Crippen LogP contribution in [0.3, 0.4) is 0 Å². The van der Waals surface area contributed by atoms with Gasteiger partial charge in [-0.2, -0.15) is 0 Å². The van der Waals surface area contributed by atoms with Crippen molar-refractivity contribution in [2.24, 2.45) is 0 Å². The minimum atomic E-state index is -0.234. The van der Waals surface area contributed by atoms with Crippen LogP contribution in [0, 0.1) is 0 Å². The zero-order chi connectivity index (χ0) is 18.4. The SMILES string of the molecule is COc1ccccc1[C@H]1Nc2cc(C(C)(C)C)cc(C(C)(C)C)c2O1. The number of fused-ring (bicyclic) bond motifs is 1. The zero-order valence-corrected chi connectivity index (χ0v) is 16.4. The van der Waals surface area contributed by atoms with Gasteiger partial charge in [-0.25, -0.2) is 0 Å². The van der Waals surface area contributed by atoms with Crippen molar-refractivity contribution in [2.45, 2.75) is 58.6 Å². The molecule has 0 aromatic heterocycles. The summed E-state index contributed by atoms with van der Waals surface area (Å²) in [4.78, 5) is 0. The highest BCUT2D eigenvalue weighted by Gasteiger charge is 2.33. The molecule has 0 unspecified atom stereocenters. The van der Waals surface area contributed by atoms with E-state index in [1.807, 2.05) is 24.3 Å². The number of hydrogen-bond donors (Lipinski definition) is 1. The maximum atomic E-state index is 6.37. The summed E-state index contributed by atoms with van der Waals surface area (Å²) < 4.78 is 11.9. The summed E-state index contributed by atoms with van der Waals surface area (Å²) in [7, 11) is 1.69. The van der Waals surface area contributed by atoms with Gasteiger partial charge in [-0.1, -0.05) is 59.7 Å². The van der Waals surface area contributed by atoms with Gasteiger partial charge in [-0.15, -0.1) is 0 Å². The quantitative estimate of drug-likeness (QED) is 0.751. The van der Waals surface area contributed by atoms with Gasteiger partial charge in [0, 0.05) is 5.56 Å². The maximum Gasteiger partial charge on any atom is 0.200 e. The average molecular weight is 339 g/mol. The lowest BCUT2D eigenvalue weighted by Crippen LogP contribution is -2.17. The van der Waals surface area contributed by atoms with Gasteiger partial charge in [0.15, 0.2) is 6.23 Å². The Labute approximate surface area is 151 Å². The second-order valence-corrected chi connectivity index (χ2v) is 8.78. The predicted molar refractivity (Wildman–Crippen MR) is 104 cm³/mol. The summed E-state index contributed by atoms with van der Waals surface area (Å²) in [5.41, 5.74) is 4.71. The molecule has 0 spiro atoms. The standard InChI is InChI=1S/C22H29NO2/c1-21(2,3)14-12-16(22(4,5)6)19-17(13-14)23-20(25-19)15-10-8-9-11-18(15)24-7/h8-13,20,23H,1-7H3/t20-/m0/s1. The number of anilines is 1. The Bertz CT molecular complexity index is 782. The molecule has 1 atom stereocenters. The van der Waals surface area contributed by atoms with Crippen LogP contribution in [0.2, 0.25) is 0 Å². The molecular weight excluding hydrogens is 310 g/mol. The number of para-hydroxylation sites is 1. The molecule has 0 aliphatic carbocycles. The molecule has 0 bridgehead atoms. The molecule has 3 nitrogen and oxygen atoms in total. The van der Waals surface area contributed by atoms with Crippen molar-refractivity contribution >= 4 is 5.69 Å². The van der Waals surface area contributed by atoms with Gasteiger partial charge < -0.3 is 14.8 Å². The second kappa shape index (κ2) is 5.98. The Morgan fingerprint density at radius 1 is 0.960 bits per heavy atom. The molecule has 0 radical (unpaired) electrons. The van der Waals surface area contributed by atoms with Crippen LogP contribution in [0.4, 0.5) is 5.69 Å². The van der Waals surface area contributed by atoms with E-state index in [0.717, 1.165) is 22.7 Å². The van der Waals surface area contributed by atoms with Gasteiger partial charge in [0.1, 0.15) is 11.5 Å². The summed E-state index contributed by atoms with van der Waals surface area (Å²) in [6.45, 7) is 13.4. The maximum absolute atomic E-state index is 6.37. The van der Waals surface area contributed by atoms with Gasteiger partial charge in [0.05, 0.1) is 18.4 Å². The Morgan fingerprint density at radius 3 is 2.24 bits per heavy atom. The van der Waals surface area contributed by atoms with E-state index in [2.05, 4.69) is 59.0 Å². The van der Waals surface area contributed by atoms with Crippen molar-refractivity contribution in [3.8, 4) is 11.5 Å². The Balaban J connectivity index is 2.08. The average Bonchev–Trinajstić information content (AvgIpc) is 2.95. The van der Waals surface area contributed by atoms with Crippen molar-refractivity contribution in [2.75, 3.05) is 12.4 Å². The lowest BCUT2D eigenvalue weighted by molar-refractivity contribution is 0.247. The molecule has 0 saturated carbocycles. The lowest BCUT2D eigenvalue weighted by Gasteiger charge is -2.26. The topological polar surface area (TPSA) is 30.5 Å². The largest absolute Gasteiger partial charge is 0.496 e. The van der Waals surface area contributed by atoms with Crippen molar-refractivity contribution in [1.82, 2.24) is 0 Å². The second-order valence-electron chi connectivity index (χ2n) is 8.78. The molecule has 2 aromatic carbocycles. The summed E-state index contributed by atoms with van der Waals surface area (Å²) in [5.74, 6) is 1.79. The van der Waals surface area contributed by atoms with E-state index in [4.69, 9.17) is 9.47 Å². The van der Waals surface area contributed by atoms with Gasteiger partial charge in [-0.05, 0) is 34.6 Å². The first-order chi connectivity index (χ1) is 11.6. The molecule has 1 aliphatic rings. The number of nitrogens with one attached hydrogen (secondary N) is 1. The van der Waals surface area contributed by atoms with Crippen LogP contribution >= 0.6 is 0 Å². The van der Waals surface area contributed by atoms with Gasteiger partial charge in [0.2, 0.25) is 0 Å². The molecule has 0 saturated heterocycles. The first-order valence-electron chi connectivity index (χ1n) is 8.86. The van der Waals surface area contributed by atoms with Gasteiger partial charge >= 0.3 is 0 Å². The van der Waals surface area contributed by atoms with Crippen molar-refractivity contribution < 1.29 is 9.47 Å². The fourth-order valence-corrected chi connectivity index (χ4v) is 3.17. The monoisotopic (exact) mass is 339 g/mol. The smallest absolute Gasteiger partial charge is 0.200 e. The zero-order valence-electron chi connectivity index (χ0n) is 16.4. The highest BCUT2D eigenvalue weighted by molar-refractivity contribution is 5.68. The Hall–Kier alpha value is -2.16. The molecule has 2 aromatic rings. The number of rotatable bonds is 2. The van der Waals surface area contributed by atoms with Gasteiger partial charge in [0.25, 0.3) is 0 Å². The highest BCUT2D eigenvalue weighted by Crippen LogP contribution is 2.48. The Morgan fingerprint density at radius 2 is 1.64 bits per heavy atom. The van der Waals surface area contributed by atoms with Crippen LogP contribution in [0.25, 0.3) is 0 Å². The molecule has 3 rings (SSSR count). The van der Waals surface area contributed by atoms with E-state index >= 15 is 0 Å². The third-order valence-electron chi connectivity index (χ3n) is 4.71. The van der Waals surface area contributed by atoms with Crippen molar-refractivity contribution in [1.29, 1.82) is 0 Å². The summed E-state index contributed by atoms with van der Waals surface area (Å²) in [6, 6.07) is 12.5. The molecule has 25 heavy (non-hydrogen) atoms. The molecule has 1 N–H and O–H groups in total. The third-order valence-corrected chi connectivity index (χ3v) is 4.71. The third kappa shape index (κ3) is 3.33. The van der Waals surface area contributed by atoms with Crippen molar-refractivity contribution in [3.05, 3.63) is 53.1 Å². The molecule has 3 heteroatoms. The van der Waals surface area contributed by atoms with Crippen molar-refractivity contribution in [3.63, 3.8) is 0 Å². The number of methoxy groups -OCH3 is 1. The summed E-state index contributed by atoms with van der Waals surface area (Å²) >= 11 is 0. The number of hydrogen-bond acceptors (Lipinski definition) is 3. The number of ether oxygens (including phenoxy) is 2. The molecule has 1 heterocycles. The minimum absolute atomic E-state index is 0.00267. The predicted octanol–water partition coefficient (Wildman–Crippen LogP) is 5.79.